The number of aryl methyl sites for hydroxylation is 2. The van der Waals surface area contributed by atoms with Gasteiger partial charge in [-0.15, -0.1) is 0 Å². The first-order valence-electron chi connectivity index (χ1n) is 7.36. The van der Waals surface area contributed by atoms with Crippen molar-refractivity contribution in [3.05, 3.63) is 58.5 Å². The predicted molar refractivity (Wildman–Crippen MR) is 85.8 cm³/mol. The molecule has 22 heavy (non-hydrogen) atoms. The van der Waals surface area contributed by atoms with Crippen molar-refractivity contribution in [1.82, 2.24) is 4.90 Å². The number of furan rings is 1. The van der Waals surface area contributed by atoms with Gasteiger partial charge < -0.3 is 9.15 Å². The maximum Gasteiger partial charge on any atom is 0.374 e. The quantitative estimate of drug-likeness (QED) is 0.786. The molecule has 0 aliphatic rings. The highest BCUT2D eigenvalue weighted by Crippen LogP contribution is 2.26. The molecule has 0 aliphatic carbocycles. The zero-order valence-corrected chi connectivity index (χ0v) is 13.8. The van der Waals surface area contributed by atoms with Crippen molar-refractivity contribution >= 4 is 5.97 Å². The lowest BCUT2D eigenvalue weighted by atomic mass is 10.1. The Morgan fingerprint density at radius 2 is 1.91 bits per heavy atom. The zero-order valence-electron chi connectivity index (χ0n) is 13.8. The number of nitrogens with zero attached hydrogens (tertiary/aromatic N) is 1. The van der Waals surface area contributed by atoms with E-state index in [2.05, 4.69) is 43.0 Å². The molecule has 0 bridgehead atoms. The van der Waals surface area contributed by atoms with Crippen LogP contribution in [0.3, 0.4) is 0 Å². The Kier molecular flexibility index (Phi) is 5.03. The van der Waals surface area contributed by atoms with E-state index in [-0.39, 0.29) is 11.8 Å². The number of hydrogen-bond donors (Lipinski definition) is 0. The third kappa shape index (κ3) is 3.57. The highest BCUT2D eigenvalue weighted by Gasteiger charge is 2.21. The van der Waals surface area contributed by atoms with Crippen molar-refractivity contribution in [2.45, 2.75) is 33.4 Å². The van der Waals surface area contributed by atoms with Crippen LogP contribution in [0.25, 0.3) is 0 Å². The fourth-order valence-electron chi connectivity index (χ4n) is 2.34. The second-order valence-electron chi connectivity index (χ2n) is 5.73. The van der Waals surface area contributed by atoms with E-state index in [0.29, 0.717) is 0 Å². The zero-order chi connectivity index (χ0) is 16.3. The summed E-state index contributed by atoms with van der Waals surface area (Å²) < 4.78 is 10.4. The number of carbonyl (C=O) groups is 1. The first-order chi connectivity index (χ1) is 10.4. The smallest absolute Gasteiger partial charge is 0.374 e. The minimum atomic E-state index is -0.433. The van der Waals surface area contributed by atoms with Gasteiger partial charge in [-0.1, -0.05) is 29.8 Å². The summed E-state index contributed by atoms with van der Waals surface area (Å²) >= 11 is 0. The molecular weight excluding hydrogens is 278 g/mol. The normalized spacial score (nSPS) is 12.5. The highest BCUT2D eigenvalue weighted by atomic mass is 16.5. The summed E-state index contributed by atoms with van der Waals surface area (Å²) in [4.78, 5) is 13.8. The van der Waals surface area contributed by atoms with Crippen LogP contribution in [0.5, 0.6) is 0 Å². The fraction of sp³-hybridized carbons (Fsp3) is 0.389. The van der Waals surface area contributed by atoms with E-state index in [9.17, 15) is 4.79 Å². The van der Waals surface area contributed by atoms with Gasteiger partial charge in [-0.25, -0.2) is 4.79 Å². The number of methoxy groups -OCH3 is 1. The number of ether oxygens (including phenoxy) is 1. The lowest BCUT2D eigenvalue weighted by molar-refractivity contribution is 0.0558. The molecule has 2 aromatic rings. The van der Waals surface area contributed by atoms with Crippen LogP contribution in [-0.2, 0) is 11.3 Å². The minimum Gasteiger partial charge on any atom is -0.463 e. The molecule has 1 heterocycles. The van der Waals surface area contributed by atoms with E-state index in [1.54, 1.807) is 0 Å². The van der Waals surface area contributed by atoms with Crippen molar-refractivity contribution in [3.8, 4) is 0 Å². The molecule has 0 N–H and O–H groups in total. The molecule has 1 aromatic carbocycles. The maximum absolute atomic E-state index is 11.6. The Labute approximate surface area is 131 Å². The first-order valence-corrected chi connectivity index (χ1v) is 7.36. The van der Waals surface area contributed by atoms with Gasteiger partial charge in [0.1, 0.15) is 5.76 Å². The van der Waals surface area contributed by atoms with Crippen LogP contribution in [0.15, 0.2) is 34.7 Å². The molecule has 118 valence electrons. The summed E-state index contributed by atoms with van der Waals surface area (Å²) in [7, 11) is 3.40. The van der Waals surface area contributed by atoms with E-state index in [1.165, 1.54) is 18.2 Å². The Balaban J connectivity index is 2.11. The van der Waals surface area contributed by atoms with Crippen molar-refractivity contribution in [2.24, 2.45) is 0 Å². The molecule has 4 nitrogen and oxygen atoms in total. The average Bonchev–Trinajstić information content (AvgIpc) is 2.89. The second kappa shape index (κ2) is 6.79. The van der Waals surface area contributed by atoms with Crippen LogP contribution in [0, 0.1) is 13.8 Å². The maximum atomic E-state index is 11.6. The van der Waals surface area contributed by atoms with E-state index in [4.69, 9.17) is 9.15 Å². The van der Waals surface area contributed by atoms with Gasteiger partial charge in [0.15, 0.2) is 0 Å². The molecule has 0 saturated carbocycles. The molecule has 0 radical (unpaired) electrons. The molecule has 1 aromatic heterocycles. The van der Waals surface area contributed by atoms with Crippen molar-refractivity contribution in [2.75, 3.05) is 14.2 Å². The van der Waals surface area contributed by atoms with E-state index in [1.807, 2.05) is 20.0 Å². The Hall–Kier alpha value is -2.07. The van der Waals surface area contributed by atoms with E-state index < -0.39 is 5.97 Å². The lowest BCUT2D eigenvalue weighted by Crippen LogP contribution is -2.21. The van der Waals surface area contributed by atoms with Gasteiger partial charge in [0.05, 0.1) is 13.2 Å². The highest BCUT2D eigenvalue weighted by molar-refractivity contribution is 5.87. The van der Waals surface area contributed by atoms with Crippen LogP contribution in [0.4, 0.5) is 0 Å². The number of benzene rings is 1. The number of hydrogen-bond acceptors (Lipinski definition) is 4. The summed E-state index contributed by atoms with van der Waals surface area (Å²) in [6.45, 7) is 6.81. The Bertz CT molecular complexity index is 643. The topological polar surface area (TPSA) is 42.7 Å². The molecule has 0 aliphatic heterocycles. The summed E-state index contributed by atoms with van der Waals surface area (Å²) in [5, 5.41) is 0. The Morgan fingerprint density at radius 3 is 2.50 bits per heavy atom. The standard InChI is InChI=1S/C18H23NO3/c1-12-6-8-15(9-7-12)11-19(4)14(3)16-10-13(2)17(22-16)18(20)21-5/h6-10,14H,11H2,1-5H3/t14-/m1/s1. The van der Waals surface area contributed by atoms with Gasteiger partial charge in [-0.2, -0.15) is 0 Å². The second-order valence-corrected chi connectivity index (χ2v) is 5.73. The predicted octanol–water partition coefficient (Wildman–Crippen LogP) is 3.88. The van der Waals surface area contributed by atoms with Gasteiger partial charge in [0, 0.05) is 12.1 Å². The summed E-state index contributed by atoms with van der Waals surface area (Å²) in [5.74, 6) is 0.623. The van der Waals surface area contributed by atoms with Crippen LogP contribution >= 0.6 is 0 Å². The largest absolute Gasteiger partial charge is 0.463 e. The van der Waals surface area contributed by atoms with Crippen molar-refractivity contribution in [3.63, 3.8) is 0 Å². The molecule has 1 atom stereocenters. The number of esters is 1. The number of carbonyl (C=O) groups excluding carboxylic acids is 1. The van der Waals surface area contributed by atoms with Crippen molar-refractivity contribution in [1.29, 1.82) is 0 Å². The number of rotatable bonds is 5. The molecule has 4 heteroatoms. The van der Waals surface area contributed by atoms with Gasteiger partial charge in [0.25, 0.3) is 0 Å². The Morgan fingerprint density at radius 1 is 1.27 bits per heavy atom. The monoisotopic (exact) mass is 301 g/mol. The minimum absolute atomic E-state index is 0.0680. The van der Waals surface area contributed by atoms with Crippen molar-refractivity contribution < 1.29 is 13.9 Å². The van der Waals surface area contributed by atoms with Crippen LogP contribution < -0.4 is 0 Å². The van der Waals surface area contributed by atoms with Crippen LogP contribution in [-0.4, -0.2) is 25.0 Å². The molecule has 2 rings (SSSR count). The van der Waals surface area contributed by atoms with Crippen LogP contribution in [0.2, 0.25) is 0 Å². The average molecular weight is 301 g/mol. The lowest BCUT2D eigenvalue weighted by Gasteiger charge is -2.23. The molecular formula is C18H23NO3. The molecule has 0 fully saturated rings. The molecule has 0 unspecified atom stereocenters. The molecule has 0 saturated heterocycles. The summed E-state index contributed by atoms with van der Waals surface area (Å²) in [6.07, 6.45) is 0. The van der Waals surface area contributed by atoms with Gasteiger partial charge in [0.2, 0.25) is 5.76 Å². The molecule has 0 amide bonds. The first kappa shape index (κ1) is 16.3. The van der Waals surface area contributed by atoms with E-state index in [0.717, 1.165) is 17.9 Å². The fourth-order valence-corrected chi connectivity index (χ4v) is 2.34. The van der Waals surface area contributed by atoms with E-state index >= 15 is 0 Å². The summed E-state index contributed by atoms with van der Waals surface area (Å²) in [5.41, 5.74) is 3.30. The van der Waals surface area contributed by atoms with Crippen LogP contribution in [0.1, 0.15) is 46.0 Å². The van der Waals surface area contributed by atoms with Gasteiger partial charge in [-0.05, 0) is 39.4 Å². The summed E-state index contributed by atoms with van der Waals surface area (Å²) in [6, 6.07) is 10.5. The molecule has 0 spiro atoms. The third-order valence-corrected chi connectivity index (χ3v) is 3.93. The van der Waals surface area contributed by atoms with Gasteiger partial charge >= 0.3 is 5.97 Å². The van der Waals surface area contributed by atoms with Gasteiger partial charge in [-0.3, -0.25) is 4.90 Å². The SMILES string of the molecule is COC(=O)c1oc([C@@H](C)N(C)Cc2ccc(C)cc2)cc1C. The third-order valence-electron chi connectivity index (χ3n) is 3.93.